The SMILES string of the molecule is COc1cccc(COCC(O)CN2CCN(Cc3cc(C)on3)CC2)c1. The monoisotopic (exact) mass is 375 g/mol. The third kappa shape index (κ3) is 6.32. The zero-order valence-electron chi connectivity index (χ0n) is 16.1. The first-order chi connectivity index (χ1) is 13.1. The maximum absolute atomic E-state index is 10.3. The van der Waals surface area contributed by atoms with Gasteiger partial charge in [-0.25, -0.2) is 0 Å². The number of aliphatic hydroxyl groups is 1. The highest BCUT2D eigenvalue weighted by Crippen LogP contribution is 2.13. The smallest absolute Gasteiger partial charge is 0.133 e. The number of benzene rings is 1. The maximum Gasteiger partial charge on any atom is 0.133 e. The summed E-state index contributed by atoms with van der Waals surface area (Å²) in [5, 5.41) is 14.3. The van der Waals surface area contributed by atoms with Crippen LogP contribution in [0.4, 0.5) is 0 Å². The lowest BCUT2D eigenvalue weighted by Crippen LogP contribution is -2.48. The number of rotatable bonds is 9. The number of nitrogens with zero attached hydrogens (tertiary/aromatic N) is 3. The molecule has 0 spiro atoms. The Bertz CT molecular complexity index is 698. The van der Waals surface area contributed by atoms with Gasteiger partial charge in [-0.05, 0) is 24.6 Å². The van der Waals surface area contributed by atoms with Crippen LogP contribution in [0.15, 0.2) is 34.9 Å². The third-order valence-corrected chi connectivity index (χ3v) is 4.71. The third-order valence-electron chi connectivity index (χ3n) is 4.71. The van der Waals surface area contributed by atoms with Gasteiger partial charge in [0.05, 0.1) is 32.1 Å². The highest BCUT2D eigenvalue weighted by Gasteiger charge is 2.20. The van der Waals surface area contributed by atoms with Crippen molar-refractivity contribution in [1.82, 2.24) is 15.0 Å². The number of methoxy groups -OCH3 is 1. The predicted molar refractivity (Wildman–Crippen MR) is 102 cm³/mol. The lowest BCUT2D eigenvalue weighted by molar-refractivity contribution is 0.000726. The predicted octanol–water partition coefficient (Wildman–Crippen LogP) is 1.69. The summed E-state index contributed by atoms with van der Waals surface area (Å²) in [4.78, 5) is 4.64. The van der Waals surface area contributed by atoms with Crippen LogP contribution in [-0.4, -0.2) is 72.6 Å². The highest BCUT2D eigenvalue weighted by molar-refractivity contribution is 5.27. The fourth-order valence-corrected chi connectivity index (χ4v) is 3.28. The van der Waals surface area contributed by atoms with E-state index >= 15 is 0 Å². The molecule has 0 aliphatic carbocycles. The number of aryl methyl sites for hydroxylation is 1. The molecule has 3 rings (SSSR count). The molecule has 0 radical (unpaired) electrons. The Morgan fingerprint density at radius 2 is 1.96 bits per heavy atom. The van der Waals surface area contributed by atoms with Crippen molar-refractivity contribution in [3.05, 3.63) is 47.3 Å². The van der Waals surface area contributed by atoms with E-state index in [-0.39, 0.29) is 0 Å². The van der Waals surface area contributed by atoms with Gasteiger partial charge in [-0.1, -0.05) is 17.3 Å². The molecule has 1 atom stereocenters. The Labute approximate surface area is 160 Å². The average molecular weight is 375 g/mol. The van der Waals surface area contributed by atoms with Crippen LogP contribution in [0.3, 0.4) is 0 Å². The quantitative estimate of drug-likeness (QED) is 0.715. The first-order valence-electron chi connectivity index (χ1n) is 9.38. The molecule has 2 heterocycles. The molecular formula is C20H29N3O4. The first kappa shape index (κ1) is 19.8. The molecule has 0 saturated carbocycles. The van der Waals surface area contributed by atoms with E-state index < -0.39 is 6.10 Å². The van der Waals surface area contributed by atoms with Gasteiger partial charge in [0.2, 0.25) is 0 Å². The van der Waals surface area contributed by atoms with Crippen molar-refractivity contribution in [2.75, 3.05) is 46.4 Å². The number of ether oxygens (including phenoxy) is 2. The van der Waals surface area contributed by atoms with Crippen LogP contribution in [0.2, 0.25) is 0 Å². The molecule has 1 aliphatic heterocycles. The first-order valence-corrected chi connectivity index (χ1v) is 9.38. The van der Waals surface area contributed by atoms with Gasteiger partial charge in [-0.2, -0.15) is 0 Å². The van der Waals surface area contributed by atoms with Crippen LogP contribution in [0, 0.1) is 6.92 Å². The molecule has 2 aromatic rings. The summed E-state index contributed by atoms with van der Waals surface area (Å²) >= 11 is 0. The second-order valence-electron chi connectivity index (χ2n) is 7.03. The van der Waals surface area contributed by atoms with Crippen LogP contribution < -0.4 is 4.74 Å². The van der Waals surface area contributed by atoms with Gasteiger partial charge >= 0.3 is 0 Å². The molecule has 1 unspecified atom stereocenters. The molecule has 1 aromatic carbocycles. The summed E-state index contributed by atoms with van der Waals surface area (Å²) in [6, 6.07) is 9.76. The van der Waals surface area contributed by atoms with E-state index in [9.17, 15) is 5.11 Å². The van der Waals surface area contributed by atoms with Gasteiger partial charge < -0.3 is 19.1 Å². The standard InChI is InChI=1S/C20H29N3O4/c1-16-10-18(21-27-16)12-22-6-8-23(9-7-22)13-19(24)15-26-14-17-4-3-5-20(11-17)25-2/h3-5,10-11,19,24H,6-9,12-15H2,1-2H3. The van der Waals surface area contributed by atoms with E-state index in [2.05, 4.69) is 15.0 Å². The molecule has 7 heteroatoms. The number of β-amino-alcohol motifs (C(OH)–C–C–N with tert-alkyl or cyclic N) is 1. The maximum atomic E-state index is 10.3. The summed E-state index contributed by atoms with van der Waals surface area (Å²) in [5.74, 6) is 1.66. The van der Waals surface area contributed by atoms with Crippen LogP contribution in [0.25, 0.3) is 0 Å². The van der Waals surface area contributed by atoms with E-state index in [0.717, 1.165) is 55.5 Å². The summed E-state index contributed by atoms with van der Waals surface area (Å²) in [6.07, 6.45) is -0.486. The second kappa shape index (κ2) is 9.85. The van der Waals surface area contributed by atoms with Gasteiger partial charge in [0.15, 0.2) is 0 Å². The van der Waals surface area contributed by atoms with E-state index in [1.54, 1.807) is 7.11 Å². The molecule has 7 nitrogen and oxygen atoms in total. The Morgan fingerprint density at radius 1 is 1.19 bits per heavy atom. The van der Waals surface area contributed by atoms with Crippen LogP contribution >= 0.6 is 0 Å². The largest absolute Gasteiger partial charge is 0.497 e. The highest BCUT2D eigenvalue weighted by atomic mass is 16.5. The normalized spacial score (nSPS) is 17.1. The van der Waals surface area contributed by atoms with E-state index in [1.165, 1.54) is 0 Å². The lowest BCUT2D eigenvalue weighted by atomic mass is 10.2. The Hall–Kier alpha value is -1.93. The minimum Gasteiger partial charge on any atom is -0.497 e. The van der Waals surface area contributed by atoms with E-state index in [0.29, 0.717) is 19.8 Å². The molecule has 0 bridgehead atoms. The summed E-state index contributed by atoms with van der Waals surface area (Å²) in [7, 11) is 1.65. The number of hydrogen-bond donors (Lipinski definition) is 1. The van der Waals surface area contributed by atoms with Crippen LogP contribution in [-0.2, 0) is 17.9 Å². The molecule has 148 valence electrons. The Kier molecular flexibility index (Phi) is 7.23. The molecule has 1 N–H and O–H groups in total. The molecule has 27 heavy (non-hydrogen) atoms. The minimum absolute atomic E-state index is 0.329. The summed E-state index contributed by atoms with van der Waals surface area (Å²) < 4.78 is 16.0. The van der Waals surface area contributed by atoms with Crippen LogP contribution in [0.5, 0.6) is 5.75 Å². The van der Waals surface area contributed by atoms with Gasteiger partial charge in [0, 0.05) is 45.3 Å². The van der Waals surface area contributed by atoms with E-state index in [4.69, 9.17) is 14.0 Å². The Morgan fingerprint density at radius 3 is 2.67 bits per heavy atom. The summed E-state index contributed by atoms with van der Waals surface area (Å²) in [5.41, 5.74) is 2.02. The van der Waals surface area contributed by atoms with E-state index in [1.807, 2.05) is 37.3 Å². The minimum atomic E-state index is -0.486. The topological polar surface area (TPSA) is 71.2 Å². The number of piperazine rings is 1. The summed E-state index contributed by atoms with van der Waals surface area (Å²) in [6.45, 7) is 7.95. The molecule has 1 fully saturated rings. The molecule has 1 saturated heterocycles. The van der Waals surface area contributed by atoms with Crippen molar-refractivity contribution in [3.8, 4) is 5.75 Å². The van der Waals surface area contributed by atoms with Crippen molar-refractivity contribution in [2.24, 2.45) is 0 Å². The number of hydrogen-bond acceptors (Lipinski definition) is 7. The molecule has 1 aromatic heterocycles. The van der Waals surface area contributed by atoms with Crippen molar-refractivity contribution in [3.63, 3.8) is 0 Å². The fourth-order valence-electron chi connectivity index (χ4n) is 3.28. The van der Waals surface area contributed by atoms with Crippen molar-refractivity contribution >= 4 is 0 Å². The second-order valence-corrected chi connectivity index (χ2v) is 7.03. The van der Waals surface area contributed by atoms with Crippen LogP contribution in [0.1, 0.15) is 17.0 Å². The average Bonchev–Trinajstić information content (AvgIpc) is 3.08. The fraction of sp³-hybridized carbons (Fsp3) is 0.550. The Balaban J connectivity index is 1.32. The lowest BCUT2D eigenvalue weighted by Gasteiger charge is -2.35. The zero-order chi connectivity index (χ0) is 19.1. The molecular weight excluding hydrogens is 346 g/mol. The van der Waals surface area contributed by atoms with Gasteiger partial charge in [-0.15, -0.1) is 0 Å². The van der Waals surface area contributed by atoms with Crippen molar-refractivity contribution in [1.29, 1.82) is 0 Å². The van der Waals surface area contributed by atoms with Gasteiger partial charge in [-0.3, -0.25) is 9.80 Å². The van der Waals surface area contributed by atoms with Gasteiger partial charge in [0.25, 0.3) is 0 Å². The molecule has 1 aliphatic rings. The number of aliphatic hydroxyl groups excluding tert-OH is 1. The van der Waals surface area contributed by atoms with Gasteiger partial charge in [0.1, 0.15) is 11.5 Å². The van der Waals surface area contributed by atoms with Crippen molar-refractivity contribution in [2.45, 2.75) is 26.2 Å². The molecule has 0 amide bonds. The zero-order valence-corrected chi connectivity index (χ0v) is 16.1. The number of aromatic nitrogens is 1. The van der Waals surface area contributed by atoms with Crippen molar-refractivity contribution < 1.29 is 19.1 Å².